The molecule has 0 spiro atoms. The first-order valence-corrected chi connectivity index (χ1v) is 10.4. The molecule has 0 saturated carbocycles. The normalized spacial score (nSPS) is 21.4. The first kappa shape index (κ1) is 19.2. The number of rotatable bonds is 2. The molecule has 2 amide bonds. The molecule has 0 bridgehead atoms. The number of aromatic nitrogens is 1. The lowest BCUT2D eigenvalue weighted by atomic mass is 9.90. The van der Waals surface area contributed by atoms with E-state index < -0.39 is 6.04 Å². The Morgan fingerprint density at radius 3 is 2.73 bits per heavy atom. The van der Waals surface area contributed by atoms with Gasteiger partial charge in [-0.25, -0.2) is 5.01 Å². The van der Waals surface area contributed by atoms with Crippen molar-refractivity contribution < 1.29 is 9.59 Å². The van der Waals surface area contributed by atoms with Crippen LogP contribution < -0.4 is 0 Å². The molecule has 0 aliphatic carbocycles. The van der Waals surface area contributed by atoms with Gasteiger partial charge in [-0.2, -0.15) is 5.10 Å². The number of piperazine rings is 1. The molecule has 1 aromatic heterocycles. The fraction of sp³-hybridized carbons (Fsp3) is 0.227. The topological polar surface area (TPSA) is 68.8 Å². The van der Waals surface area contributed by atoms with E-state index in [9.17, 15) is 9.59 Å². The third-order valence-corrected chi connectivity index (χ3v) is 6.56. The Hall–Kier alpha value is -2.83. The van der Waals surface area contributed by atoms with Gasteiger partial charge in [0.05, 0.1) is 22.3 Å². The number of hydrogen-bond donors (Lipinski definition) is 1. The van der Waals surface area contributed by atoms with Gasteiger partial charge in [0.2, 0.25) is 5.91 Å². The lowest BCUT2D eigenvalue weighted by Gasteiger charge is -2.44. The van der Waals surface area contributed by atoms with Crippen LogP contribution in [0.15, 0.2) is 47.6 Å². The van der Waals surface area contributed by atoms with Crippen molar-refractivity contribution in [3.63, 3.8) is 0 Å². The van der Waals surface area contributed by atoms with Crippen LogP contribution in [-0.4, -0.2) is 45.5 Å². The van der Waals surface area contributed by atoms with Crippen molar-refractivity contribution in [2.75, 3.05) is 6.54 Å². The van der Waals surface area contributed by atoms with Crippen LogP contribution in [0.1, 0.15) is 29.8 Å². The molecule has 0 unspecified atom stereocenters. The molecule has 152 valence electrons. The van der Waals surface area contributed by atoms with Gasteiger partial charge in [0, 0.05) is 23.0 Å². The summed E-state index contributed by atoms with van der Waals surface area (Å²) in [6, 6.07) is 12.3. The Bertz CT molecular complexity index is 1220. The largest absolute Gasteiger partial charge is 0.356 e. The van der Waals surface area contributed by atoms with Crippen LogP contribution in [0.4, 0.5) is 0 Å². The highest BCUT2D eigenvalue weighted by atomic mass is 35.5. The highest BCUT2D eigenvalue weighted by molar-refractivity contribution is 6.42. The van der Waals surface area contributed by atoms with Gasteiger partial charge in [-0.1, -0.05) is 47.5 Å². The number of benzene rings is 2. The first-order valence-electron chi connectivity index (χ1n) is 9.65. The smallest absolute Gasteiger partial charge is 0.266 e. The molecule has 5 rings (SSSR count). The predicted molar refractivity (Wildman–Crippen MR) is 117 cm³/mol. The number of halogens is 2. The van der Waals surface area contributed by atoms with Gasteiger partial charge in [0.15, 0.2) is 0 Å². The van der Waals surface area contributed by atoms with Crippen molar-refractivity contribution >= 4 is 52.1 Å². The van der Waals surface area contributed by atoms with Crippen LogP contribution in [-0.2, 0) is 16.0 Å². The third-order valence-electron chi connectivity index (χ3n) is 5.82. The Kier molecular flexibility index (Phi) is 4.56. The molecule has 2 aliphatic rings. The minimum Gasteiger partial charge on any atom is -0.356 e. The van der Waals surface area contributed by atoms with Crippen LogP contribution in [0.5, 0.6) is 0 Å². The minimum absolute atomic E-state index is 0.0902. The van der Waals surface area contributed by atoms with Crippen molar-refractivity contribution in [2.45, 2.75) is 25.4 Å². The molecule has 2 aliphatic heterocycles. The zero-order valence-electron chi connectivity index (χ0n) is 16.1. The van der Waals surface area contributed by atoms with E-state index in [0.29, 0.717) is 22.0 Å². The molecule has 8 heteroatoms. The third kappa shape index (κ3) is 2.99. The first-order chi connectivity index (χ1) is 14.4. The summed E-state index contributed by atoms with van der Waals surface area (Å²) >= 11 is 12.0. The summed E-state index contributed by atoms with van der Waals surface area (Å²) in [5.41, 5.74) is 3.81. The Labute approximate surface area is 183 Å². The molecule has 3 aromatic rings. The number of carbonyl (C=O) groups excluding carboxylic acids is 2. The van der Waals surface area contributed by atoms with E-state index in [1.54, 1.807) is 23.1 Å². The van der Waals surface area contributed by atoms with Gasteiger partial charge in [-0.15, -0.1) is 0 Å². The quantitative estimate of drug-likeness (QED) is 0.607. The van der Waals surface area contributed by atoms with E-state index in [2.05, 4.69) is 10.1 Å². The van der Waals surface area contributed by atoms with Gasteiger partial charge in [0.25, 0.3) is 5.91 Å². The molecular weight excluding hydrogens is 423 g/mol. The number of hydrogen-bond acceptors (Lipinski definition) is 3. The number of amides is 2. The summed E-state index contributed by atoms with van der Waals surface area (Å²) in [7, 11) is 0. The van der Waals surface area contributed by atoms with E-state index in [-0.39, 0.29) is 24.4 Å². The van der Waals surface area contributed by atoms with Crippen LogP contribution in [0.2, 0.25) is 10.0 Å². The molecular formula is C22H18Cl2N4O2. The molecule has 1 N–H and O–H groups in total. The SMILES string of the molecule is C[C@H]1c2[nH]c3ccccc3c2C[C@H]2C(=O)N(/N=C/c3ccc(Cl)c(Cl)c3)CC(=O)N21. The summed E-state index contributed by atoms with van der Waals surface area (Å²) < 4.78 is 0. The second-order valence-corrected chi connectivity index (χ2v) is 8.39. The average molecular weight is 441 g/mol. The second kappa shape index (κ2) is 7.15. The van der Waals surface area contributed by atoms with Crippen molar-refractivity contribution in [1.29, 1.82) is 0 Å². The van der Waals surface area contributed by atoms with Gasteiger partial charge in [-0.05, 0) is 36.2 Å². The minimum atomic E-state index is -0.570. The maximum atomic E-state index is 13.2. The number of para-hydroxylation sites is 1. The molecule has 1 saturated heterocycles. The molecule has 1 fully saturated rings. The van der Waals surface area contributed by atoms with Crippen molar-refractivity contribution in [1.82, 2.24) is 14.9 Å². The predicted octanol–water partition coefficient (Wildman–Crippen LogP) is 4.17. The van der Waals surface area contributed by atoms with E-state index in [1.165, 1.54) is 11.2 Å². The van der Waals surface area contributed by atoms with Crippen LogP contribution in [0, 0.1) is 0 Å². The second-order valence-electron chi connectivity index (χ2n) is 7.57. The molecule has 30 heavy (non-hydrogen) atoms. The Morgan fingerprint density at radius 1 is 1.13 bits per heavy atom. The van der Waals surface area contributed by atoms with Crippen LogP contribution >= 0.6 is 23.2 Å². The summed E-state index contributed by atoms with van der Waals surface area (Å²) in [4.78, 5) is 31.3. The van der Waals surface area contributed by atoms with E-state index >= 15 is 0 Å². The van der Waals surface area contributed by atoms with E-state index in [0.717, 1.165) is 22.2 Å². The Balaban J connectivity index is 1.47. The number of nitrogens with one attached hydrogen (secondary N) is 1. The zero-order valence-corrected chi connectivity index (χ0v) is 17.6. The zero-order chi connectivity index (χ0) is 21.0. The fourth-order valence-corrected chi connectivity index (χ4v) is 4.69. The summed E-state index contributed by atoms with van der Waals surface area (Å²) in [5, 5.41) is 7.47. The number of H-pyrrole nitrogens is 1. The molecule has 0 radical (unpaired) electrons. The van der Waals surface area contributed by atoms with Crippen LogP contribution in [0.3, 0.4) is 0 Å². The highest BCUT2D eigenvalue weighted by Gasteiger charge is 2.46. The fourth-order valence-electron chi connectivity index (χ4n) is 4.38. The molecule has 2 aromatic carbocycles. The van der Waals surface area contributed by atoms with Gasteiger partial charge >= 0.3 is 0 Å². The maximum absolute atomic E-state index is 13.2. The number of carbonyl (C=O) groups is 2. The molecule has 3 heterocycles. The summed E-state index contributed by atoms with van der Waals surface area (Å²) in [6.45, 7) is 1.87. The molecule has 6 nitrogen and oxygen atoms in total. The van der Waals surface area contributed by atoms with Crippen molar-refractivity contribution in [3.8, 4) is 0 Å². The number of hydrazone groups is 1. The van der Waals surface area contributed by atoms with Crippen molar-refractivity contribution in [2.24, 2.45) is 5.10 Å². The summed E-state index contributed by atoms with van der Waals surface area (Å²) in [5.74, 6) is -0.309. The van der Waals surface area contributed by atoms with E-state index in [1.807, 2.05) is 31.2 Å². The lowest BCUT2D eigenvalue weighted by molar-refractivity contribution is -0.159. The van der Waals surface area contributed by atoms with Gasteiger partial charge in [-0.3, -0.25) is 9.59 Å². The molecule has 2 atom stereocenters. The van der Waals surface area contributed by atoms with Crippen LogP contribution in [0.25, 0.3) is 10.9 Å². The highest BCUT2D eigenvalue weighted by Crippen LogP contribution is 2.38. The van der Waals surface area contributed by atoms with Gasteiger partial charge < -0.3 is 9.88 Å². The monoisotopic (exact) mass is 440 g/mol. The number of nitrogens with zero attached hydrogens (tertiary/aromatic N) is 3. The van der Waals surface area contributed by atoms with E-state index in [4.69, 9.17) is 23.2 Å². The lowest BCUT2D eigenvalue weighted by Crippen LogP contribution is -2.61. The number of fused-ring (bicyclic) bond motifs is 4. The van der Waals surface area contributed by atoms with Crippen molar-refractivity contribution in [3.05, 3.63) is 69.3 Å². The summed E-state index contributed by atoms with van der Waals surface area (Å²) in [6.07, 6.45) is 1.99. The number of aromatic amines is 1. The standard InChI is InChI=1S/C22H18Cl2N4O2/c1-12-21-15(14-4-2-3-5-18(14)26-21)9-19-22(30)27(11-20(29)28(12)19)25-10-13-6-7-16(23)17(24)8-13/h2-8,10,12,19,26H,9,11H2,1H3/b25-10+/t12-,19-/m0/s1. The average Bonchev–Trinajstić information content (AvgIpc) is 3.11. The maximum Gasteiger partial charge on any atom is 0.266 e. The van der Waals surface area contributed by atoms with Gasteiger partial charge in [0.1, 0.15) is 12.6 Å². The Morgan fingerprint density at radius 2 is 1.93 bits per heavy atom.